The molecule has 0 aromatic carbocycles. The molecule has 18 heavy (non-hydrogen) atoms. The second kappa shape index (κ2) is 5.10. The Hall–Kier alpha value is -1.36. The molecule has 2 rings (SSSR count). The molecule has 5 heteroatoms. The van der Waals surface area contributed by atoms with Crippen LogP contribution < -0.4 is 0 Å². The van der Waals surface area contributed by atoms with Crippen molar-refractivity contribution in [2.24, 2.45) is 5.92 Å². The molecule has 1 aromatic rings. The molecule has 0 spiro atoms. The van der Waals surface area contributed by atoms with Crippen LogP contribution >= 0.6 is 0 Å². The predicted octanol–water partition coefficient (Wildman–Crippen LogP) is 0.982. The number of nitrogens with zero attached hydrogens (tertiary/aromatic N) is 3. The lowest BCUT2D eigenvalue weighted by Gasteiger charge is -2.26. The van der Waals surface area contributed by atoms with E-state index in [2.05, 4.69) is 5.10 Å². The predicted molar refractivity (Wildman–Crippen MR) is 68.0 cm³/mol. The first kappa shape index (κ1) is 13.1. The molecule has 1 N–H and O–H groups in total. The van der Waals surface area contributed by atoms with Gasteiger partial charge in [0, 0.05) is 19.3 Å². The lowest BCUT2D eigenvalue weighted by Crippen LogP contribution is -2.38. The zero-order valence-corrected chi connectivity index (χ0v) is 11.2. The van der Waals surface area contributed by atoms with E-state index in [-0.39, 0.29) is 24.0 Å². The van der Waals surface area contributed by atoms with Crippen LogP contribution in [-0.2, 0) is 4.79 Å². The van der Waals surface area contributed by atoms with Gasteiger partial charge >= 0.3 is 0 Å². The Bertz CT molecular complexity index is 428. The summed E-state index contributed by atoms with van der Waals surface area (Å²) in [4.78, 5) is 14.2. The van der Waals surface area contributed by atoms with Crippen LogP contribution in [-0.4, -0.2) is 44.9 Å². The number of rotatable bonds is 3. The topological polar surface area (TPSA) is 58.4 Å². The summed E-state index contributed by atoms with van der Waals surface area (Å²) in [7, 11) is 0. The minimum absolute atomic E-state index is 0.0599. The van der Waals surface area contributed by atoms with Gasteiger partial charge in [0.05, 0.1) is 12.3 Å². The third kappa shape index (κ3) is 2.56. The lowest BCUT2D eigenvalue weighted by molar-refractivity contribution is -0.135. The van der Waals surface area contributed by atoms with Crippen LogP contribution in [0.5, 0.6) is 0 Å². The molecule has 1 aliphatic heterocycles. The summed E-state index contributed by atoms with van der Waals surface area (Å²) >= 11 is 0. The fourth-order valence-corrected chi connectivity index (χ4v) is 2.42. The van der Waals surface area contributed by atoms with Gasteiger partial charge in [-0.3, -0.25) is 9.48 Å². The van der Waals surface area contributed by atoms with Gasteiger partial charge in [0.1, 0.15) is 6.04 Å². The van der Waals surface area contributed by atoms with Crippen molar-refractivity contribution in [2.75, 3.05) is 13.1 Å². The Labute approximate surface area is 107 Å². The molecule has 0 saturated carbocycles. The van der Waals surface area contributed by atoms with Crippen molar-refractivity contribution < 1.29 is 9.90 Å². The van der Waals surface area contributed by atoms with E-state index in [4.69, 9.17) is 0 Å². The van der Waals surface area contributed by atoms with Gasteiger partial charge in [-0.05, 0) is 24.8 Å². The third-order valence-corrected chi connectivity index (χ3v) is 3.38. The minimum atomic E-state index is -0.374. The first-order valence-corrected chi connectivity index (χ1v) is 6.46. The normalized spacial score (nSPS) is 21.6. The number of amides is 1. The molecule has 2 heterocycles. The molecule has 5 nitrogen and oxygen atoms in total. The SMILES string of the molecule is Cc1cnn([C@H](C(=O)N2CC[C@@H](O)C2)C(C)C)c1. The molecule has 1 fully saturated rings. The second-order valence-corrected chi connectivity index (χ2v) is 5.41. The summed E-state index contributed by atoms with van der Waals surface area (Å²) < 4.78 is 1.74. The van der Waals surface area contributed by atoms with Crippen molar-refractivity contribution in [3.63, 3.8) is 0 Å². The molecular formula is C13H21N3O2. The molecule has 1 saturated heterocycles. The molecule has 0 radical (unpaired) electrons. The third-order valence-electron chi connectivity index (χ3n) is 3.38. The van der Waals surface area contributed by atoms with E-state index >= 15 is 0 Å². The lowest BCUT2D eigenvalue weighted by atomic mass is 10.0. The Morgan fingerprint density at radius 1 is 1.56 bits per heavy atom. The molecule has 0 aliphatic carbocycles. The maximum atomic E-state index is 12.5. The monoisotopic (exact) mass is 251 g/mol. The number of likely N-dealkylation sites (tertiary alicyclic amines) is 1. The van der Waals surface area contributed by atoms with Crippen molar-refractivity contribution in [3.8, 4) is 0 Å². The average molecular weight is 251 g/mol. The number of aliphatic hydroxyl groups is 1. The number of carbonyl (C=O) groups is 1. The van der Waals surface area contributed by atoms with Gasteiger partial charge in [-0.25, -0.2) is 0 Å². The molecule has 1 aromatic heterocycles. The summed E-state index contributed by atoms with van der Waals surface area (Å²) in [5.41, 5.74) is 1.05. The maximum Gasteiger partial charge on any atom is 0.247 e. The highest BCUT2D eigenvalue weighted by atomic mass is 16.3. The van der Waals surface area contributed by atoms with Crippen LogP contribution in [0.4, 0.5) is 0 Å². The summed E-state index contributed by atoms with van der Waals surface area (Å²) in [5.74, 6) is 0.235. The Balaban J connectivity index is 2.18. The highest BCUT2D eigenvalue weighted by molar-refractivity contribution is 5.81. The number of aliphatic hydroxyl groups excluding tert-OH is 1. The minimum Gasteiger partial charge on any atom is -0.391 e. The zero-order chi connectivity index (χ0) is 13.3. The number of aryl methyl sites for hydroxylation is 1. The van der Waals surface area contributed by atoms with Crippen LogP contribution in [0.1, 0.15) is 31.9 Å². The van der Waals surface area contributed by atoms with Gasteiger partial charge in [0.2, 0.25) is 5.91 Å². The summed E-state index contributed by atoms with van der Waals surface area (Å²) in [6.07, 6.45) is 3.96. The number of carbonyl (C=O) groups excluding carboxylic acids is 1. The van der Waals surface area contributed by atoms with Gasteiger partial charge < -0.3 is 10.0 Å². The van der Waals surface area contributed by atoms with Gasteiger partial charge in [0.25, 0.3) is 0 Å². The Morgan fingerprint density at radius 3 is 2.72 bits per heavy atom. The standard InChI is InChI=1S/C13H21N3O2/c1-9(2)12(16-7-10(3)6-14-16)13(18)15-5-4-11(17)8-15/h6-7,9,11-12,17H,4-5,8H2,1-3H3/t11-,12+/m1/s1. The second-order valence-electron chi connectivity index (χ2n) is 5.41. The molecule has 1 amide bonds. The van der Waals surface area contributed by atoms with Crippen LogP contribution in [0.3, 0.4) is 0 Å². The van der Waals surface area contributed by atoms with E-state index in [0.717, 1.165) is 5.56 Å². The Morgan fingerprint density at radius 2 is 2.28 bits per heavy atom. The van der Waals surface area contributed by atoms with E-state index in [1.165, 1.54) is 0 Å². The summed E-state index contributed by atoms with van der Waals surface area (Å²) in [6.45, 7) is 7.09. The van der Waals surface area contributed by atoms with Gasteiger partial charge in [-0.1, -0.05) is 13.8 Å². The number of β-amino-alcohol motifs (C(OH)–C–C–N with tert-alkyl or cyclic N) is 1. The Kier molecular flexibility index (Phi) is 3.71. The van der Waals surface area contributed by atoms with Crippen LogP contribution in [0.15, 0.2) is 12.4 Å². The number of hydrogen-bond acceptors (Lipinski definition) is 3. The van der Waals surface area contributed by atoms with Gasteiger partial charge in [-0.2, -0.15) is 5.10 Å². The highest BCUT2D eigenvalue weighted by Crippen LogP contribution is 2.22. The fourth-order valence-electron chi connectivity index (χ4n) is 2.42. The summed E-state index contributed by atoms with van der Waals surface area (Å²) in [6, 6.07) is -0.274. The average Bonchev–Trinajstić information content (AvgIpc) is 2.87. The zero-order valence-electron chi connectivity index (χ0n) is 11.2. The van der Waals surface area contributed by atoms with Gasteiger partial charge in [-0.15, -0.1) is 0 Å². The van der Waals surface area contributed by atoms with Gasteiger partial charge in [0.15, 0.2) is 0 Å². The molecule has 0 bridgehead atoms. The van der Waals surface area contributed by atoms with Crippen molar-refractivity contribution >= 4 is 5.91 Å². The van der Waals surface area contributed by atoms with E-state index in [1.54, 1.807) is 15.8 Å². The smallest absolute Gasteiger partial charge is 0.247 e. The highest BCUT2D eigenvalue weighted by Gasteiger charge is 2.33. The first-order valence-electron chi connectivity index (χ1n) is 6.46. The quantitative estimate of drug-likeness (QED) is 0.871. The van der Waals surface area contributed by atoms with Crippen molar-refractivity contribution in [1.29, 1.82) is 0 Å². The molecule has 0 unspecified atom stereocenters. The molecular weight excluding hydrogens is 230 g/mol. The van der Waals surface area contributed by atoms with Crippen molar-refractivity contribution in [1.82, 2.24) is 14.7 Å². The van der Waals surface area contributed by atoms with Crippen LogP contribution in [0, 0.1) is 12.8 Å². The van der Waals surface area contributed by atoms with E-state index in [1.807, 2.05) is 27.0 Å². The van der Waals surface area contributed by atoms with Crippen molar-refractivity contribution in [2.45, 2.75) is 39.3 Å². The maximum absolute atomic E-state index is 12.5. The molecule has 2 atom stereocenters. The van der Waals surface area contributed by atoms with E-state index in [9.17, 15) is 9.90 Å². The largest absolute Gasteiger partial charge is 0.391 e. The number of hydrogen-bond donors (Lipinski definition) is 1. The van der Waals surface area contributed by atoms with E-state index in [0.29, 0.717) is 19.5 Å². The van der Waals surface area contributed by atoms with Crippen LogP contribution in [0.2, 0.25) is 0 Å². The first-order chi connectivity index (χ1) is 8.49. The van der Waals surface area contributed by atoms with E-state index < -0.39 is 0 Å². The van der Waals surface area contributed by atoms with Crippen LogP contribution in [0.25, 0.3) is 0 Å². The molecule has 1 aliphatic rings. The number of aromatic nitrogens is 2. The summed E-state index contributed by atoms with van der Waals surface area (Å²) in [5, 5.41) is 13.8. The fraction of sp³-hybridized carbons (Fsp3) is 0.692. The molecule has 100 valence electrons. The van der Waals surface area contributed by atoms with Crippen molar-refractivity contribution in [3.05, 3.63) is 18.0 Å².